The summed E-state index contributed by atoms with van der Waals surface area (Å²) in [5.74, 6) is 1.62. The van der Waals surface area contributed by atoms with Crippen molar-refractivity contribution in [2.75, 3.05) is 57.7 Å². The van der Waals surface area contributed by atoms with Gasteiger partial charge in [0.1, 0.15) is 17.1 Å². The first-order valence-corrected chi connectivity index (χ1v) is 19.1. The largest absolute Gasteiger partial charge is 0.494 e. The van der Waals surface area contributed by atoms with Gasteiger partial charge in [-0.1, -0.05) is 66.7 Å². The third kappa shape index (κ3) is 13.3. The Labute approximate surface area is 286 Å². The first-order chi connectivity index (χ1) is 23.0. The average Bonchev–Trinajstić information content (AvgIpc) is 3.46. The maximum atomic E-state index is 14.0. The van der Waals surface area contributed by atoms with Crippen molar-refractivity contribution in [1.29, 1.82) is 0 Å². The maximum Gasteiger partial charge on any atom is 0.197 e. The van der Waals surface area contributed by atoms with Crippen LogP contribution in [0.25, 0.3) is 11.0 Å². The highest BCUT2D eigenvalue weighted by molar-refractivity contribution is 6.17. The third-order valence-corrected chi connectivity index (χ3v) is 9.04. The van der Waals surface area contributed by atoms with Gasteiger partial charge < -0.3 is 24.3 Å². The molecule has 0 saturated heterocycles. The highest BCUT2D eigenvalue weighted by atomic mass is 16.5. The Kier molecular flexibility index (Phi) is 18.6. The van der Waals surface area contributed by atoms with E-state index < -0.39 is 0 Å². The minimum absolute atomic E-state index is 0.0172. The number of ketones is 1. The molecule has 6 nitrogen and oxygen atoms in total. The van der Waals surface area contributed by atoms with Crippen LogP contribution >= 0.6 is 0 Å². The van der Waals surface area contributed by atoms with Crippen molar-refractivity contribution in [1.82, 2.24) is 9.80 Å². The Bertz CT molecular complexity index is 1250. The molecule has 0 aliphatic carbocycles. The molecule has 2 aromatic carbocycles. The van der Waals surface area contributed by atoms with Gasteiger partial charge in [0.05, 0.1) is 12.2 Å². The summed E-state index contributed by atoms with van der Waals surface area (Å²) in [5.41, 5.74) is 3.19. The number of nitrogens with one attached hydrogen (secondary N) is 1. The molecule has 3 aromatic rings. The Morgan fingerprint density at radius 2 is 1.23 bits per heavy atom. The number of hydrogen-bond acceptors (Lipinski definition) is 6. The number of hydrogen-bond donors (Lipinski definition) is 1. The SMILES string of the molecule is CCCCc1oc2ccc(NCCCN(CCCC)CCCC)cc2c1C(=O)c1ccc(OCCCN(CCCC)CCCC)cc1. The van der Waals surface area contributed by atoms with Crippen LogP contribution < -0.4 is 10.1 Å². The van der Waals surface area contributed by atoms with E-state index >= 15 is 0 Å². The van der Waals surface area contributed by atoms with E-state index in [4.69, 9.17) is 9.15 Å². The van der Waals surface area contributed by atoms with Crippen LogP contribution in [0, 0.1) is 0 Å². The summed E-state index contributed by atoms with van der Waals surface area (Å²) < 4.78 is 12.4. The standard InChI is InChI=1S/C41H65N3O3/c1-6-11-18-39-40(37-33-35(21-24-38(37)47-39)42-25-16-30-43(26-12-7-2)27-13-8-3)41(45)34-19-22-36(23-20-34)46-32-17-31-44(28-14-9-4)29-15-10-5/h19-24,33,42H,6-18,25-32H2,1-5H3. The summed E-state index contributed by atoms with van der Waals surface area (Å²) in [7, 11) is 0. The lowest BCUT2D eigenvalue weighted by Gasteiger charge is -2.22. The van der Waals surface area contributed by atoms with Crippen LogP contribution in [0.5, 0.6) is 5.75 Å². The van der Waals surface area contributed by atoms with Crippen LogP contribution in [0.4, 0.5) is 5.69 Å². The smallest absolute Gasteiger partial charge is 0.197 e. The molecular formula is C41H65N3O3. The molecular weight excluding hydrogens is 582 g/mol. The van der Waals surface area contributed by atoms with E-state index in [0.717, 1.165) is 79.9 Å². The van der Waals surface area contributed by atoms with Gasteiger partial charge in [-0.2, -0.15) is 0 Å². The summed E-state index contributed by atoms with van der Waals surface area (Å²) in [6.07, 6.45) is 14.9. The number of unbranched alkanes of at least 4 members (excludes halogenated alkanes) is 5. The quantitative estimate of drug-likeness (QED) is 0.0656. The van der Waals surface area contributed by atoms with Gasteiger partial charge >= 0.3 is 0 Å². The predicted molar refractivity (Wildman–Crippen MR) is 200 cm³/mol. The number of aryl methyl sites for hydroxylation is 1. The van der Waals surface area contributed by atoms with Gasteiger partial charge in [-0.15, -0.1) is 0 Å². The second kappa shape index (κ2) is 22.7. The molecule has 0 fully saturated rings. The number of fused-ring (bicyclic) bond motifs is 1. The van der Waals surface area contributed by atoms with Crippen LogP contribution in [-0.2, 0) is 6.42 Å². The second-order valence-electron chi connectivity index (χ2n) is 13.1. The van der Waals surface area contributed by atoms with E-state index in [-0.39, 0.29) is 5.78 Å². The lowest BCUT2D eigenvalue weighted by atomic mass is 9.98. The molecule has 0 saturated carbocycles. The lowest BCUT2D eigenvalue weighted by Crippen LogP contribution is -2.28. The zero-order chi connectivity index (χ0) is 33.7. The molecule has 1 heterocycles. The molecule has 0 amide bonds. The average molecular weight is 648 g/mol. The number of ether oxygens (including phenoxy) is 1. The summed E-state index contributed by atoms with van der Waals surface area (Å²) in [6.45, 7) is 19.7. The lowest BCUT2D eigenvalue weighted by molar-refractivity contribution is 0.103. The van der Waals surface area contributed by atoms with Crippen LogP contribution in [0.1, 0.15) is 133 Å². The number of nitrogens with zero attached hydrogens (tertiary/aromatic N) is 2. The number of carbonyl (C=O) groups is 1. The maximum absolute atomic E-state index is 14.0. The van der Waals surface area contributed by atoms with Crippen molar-refractivity contribution in [3.05, 3.63) is 59.4 Å². The van der Waals surface area contributed by atoms with Crippen molar-refractivity contribution in [2.45, 2.75) is 118 Å². The molecule has 0 aliphatic heterocycles. The summed E-state index contributed by atoms with van der Waals surface area (Å²) in [6, 6.07) is 13.9. The number of furan rings is 1. The molecule has 47 heavy (non-hydrogen) atoms. The normalized spacial score (nSPS) is 11.6. The summed E-state index contributed by atoms with van der Waals surface area (Å²) in [4.78, 5) is 19.2. The first kappa shape index (κ1) is 38.6. The molecule has 1 aromatic heterocycles. The fourth-order valence-corrected chi connectivity index (χ4v) is 6.08. The number of benzene rings is 2. The third-order valence-electron chi connectivity index (χ3n) is 9.04. The topological polar surface area (TPSA) is 58.0 Å². The fourth-order valence-electron chi connectivity index (χ4n) is 6.08. The van der Waals surface area contributed by atoms with Gasteiger partial charge in [0, 0.05) is 36.1 Å². The van der Waals surface area contributed by atoms with Gasteiger partial charge in [0.2, 0.25) is 0 Å². The summed E-state index contributed by atoms with van der Waals surface area (Å²) >= 11 is 0. The van der Waals surface area contributed by atoms with Crippen LogP contribution in [0.2, 0.25) is 0 Å². The zero-order valence-electron chi connectivity index (χ0n) is 30.5. The zero-order valence-corrected chi connectivity index (χ0v) is 30.5. The van der Waals surface area contributed by atoms with Crippen LogP contribution in [0.15, 0.2) is 46.9 Å². The number of anilines is 1. The van der Waals surface area contributed by atoms with Gasteiger partial charge in [0.25, 0.3) is 0 Å². The monoisotopic (exact) mass is 648 g/mol. The van der Waals surface area contributed by atoms with Crippen molar-refractivity contribution in [2.24, 2.45) is 0 Å². The molecule has 262 valence electrons. The molecule has 6 heteroatoms. The van der Waals surface area contributed by atoms with E-state index in [1.165, 1.54) is 77.5 Å². The minimum Gasteiger partial charge on any atom is -0.494 e. The van der Waals surface area contributed by atoms with Gasteiger partial charge in [0.15, 0.2) is 5.78 Å². The molecule has 3 rings (SSSR count). The van der Waals surface area contributed by atoms with E-state index in [1.807, 2.05) is 30.3 Å². The van der Waals surface area contributed by atoms with Crippen molar-refractivity contribution >= 4 is 22.4 Å². The van der Waals surface area contributed by atoms with Gasteiger partial charge in [-0.05, 0) is 120 Å². The number of rotatable bonds is 27. The predicted octanol–water partition coefficient (Wildman–Crippen LogP) is 10.4. The Balaban J connectivity index is 1.64. The highest BCUT2D eigenvalue weighted by Crippen LogP contribution is 2.32. The molecule has 1 N–H and O–H groups in total. The molecule has 0 bridgehead atoms. The Hall–Kier alpha value is -2.83. The van der Waals surface area contributed by atoms with Gasteiger partial charge in [-0.25, -0.2) is 0 Å². The molecule has 0 atom stereocenters. The van der Waals surface area contributed by atoms with Crippen LogP contribution in [0.3, 0.4) is 0 Å². The number of carbonyl (C=O) groups excluding carboxylic acids is 1. The fraction of sp³-hybridized carbons (Fsp3) is 0.634. The highest BCUT2D eigenvalue weighted by Gasteiger charge is 2.22. The molecule has 0 aliphatic rings. The first-order valence-electron chi connectivity index (χ1n) is 19.1. The minimum atomic E-state index is 0.0172. The molecule has 0 radical (unpaired) electrons. The van der Waals surface area contributed by atoms with Crippen molar-refractivity contribution in [3.63, 3.8) is 0 Å². The Morgan fingerprint density at radius 1 is 0.681 bits per heavy atom. The van der Waals surface area contributed by atoms with Crippen molar-refractivity contribution < 1.29 is 13.9 Å². The second-order valence-corrected chi connectivity index (χ2v) is 13.1. The molecule has 0 unspecified atom stereocenters. The Morgan fingerprint density at radius 3 is 1.81 bits per heavy atom. The van der Waals surface area contributed by atoms with E-state index in [2.05, 4.69) is 61.9 Å². The molecule has 0 spiro atoms. The van der Waals surface area contributed by atoms with E-state index in [1.54, 1.807) is 0 Å². The van der Waals surface area contributed by atoms with E-state index in [0.29, 0.717) is 17.7 Å². The van der Waals surface area contributed by atoms with E-state index in [9.17, 15) is 4.79 Å². The van der Waals surface area contributed by atoms with Crippen molar-refractivity contribution in [3.8, 4) is 5.75 Å². The van der Waals surface area contributed by atoms with Crippen LogP contribution in [-0.4, -0.2) is 68.0 Å². The summed E-state index contributed by atoms with van der Waals surface area (Å²) in [5, 5.41) is 4.52. The van der Waals surface area contributed by atoms with Gasteiger partial charge in [-0.3, -0.25) is 4.79 Å².